The summed E-state index contributed by atoms with van der Waals surface area (Å²) in [6, 6.07) is 12.5. The summed E-state index contributed by atoms with van der Waals surface area (Å²) in [5.41, 5.74) is 0.703. The van der Waals surface area contributed by atoms with Crippen molar-refractivity contribution in [2.75, 3.05) is 26.1 Å². The number of ether oxygens (including phenoxy) is 3. The van der Waals surface area contributed by atoms with Crippen molar-refractivity contribution in [3.8, 4) is 44.6 Å². The van der Waals surface area contributed by atoms with Gasteiger partial charge in [-0.05, 0) is 6.08 Å². The number of nitriles is 1. The van der Waals surface area contributed by atoms with Crippen LogP contribution < -0.4 is 24.5 Å². The Balaban J connectivity index is 1.48. The van der Waals surface area contributed by atoms with E-state index in [1.807, 2.05) is 30.3 Å². The Morgan fingerprint density at radius 3 is 2.34 bits per heavy atom. The number of hydrogen-bond acceptors (Lipinski definition) is 11. The van der Waals surface area contributed by atoms with E-state index in [9.17, 15) is 18.5 Å². The fourth-order valence-corrected chi connectivity index (χ4v) is 5.65. The molecule has 0 radical (unpaired) electrons. The molecule has 5 aromatic rings. The van der Waals surface area contributed by atoms with Gasteiger partial charge in [-0.25, -0.2) is 17.9 Å². The van der Waals surface area contributed by atoms with Crippen molar-refractivity contribution in [3.63, 3.8) is 0 Å². The number of nitrogens with zero attached hydrogens (tertiary/aromatic N) is 6. The molecule has 0 aliphatic heterocycles. The highest BCUT2D eigenvalue weighted by Crippen LogP contribution is 2.35. The molecule has 3 heterocycles. The van der Waals surface area contributed by atoms with Crippen LogP contribution in [0.4, 0.5) is 5.69 Å². The van der Waals surface area contributed by atoms with Crippen LogP contribution in [-0.4, -0.2) is 54.1 Å². The highest BCUT2D eigenvalue weighted by molar-refractivity contribution is 7.95. The van der Waals surface area contributed by atoms with Crippen molar-refractivity contribution in [1.29, 1.82) is 5.26 Å². The lowest BCUT2D eigenvalue weighted by Crippen LogP contribution is -2.16. The Bertz CT molecular complexity index is 1970. The predicted octanol–water partition coefficient (Wildman–Crippen LogP) is 3.45. The SMILES string of the molecule is COc1cc(OC)c(/C=C/S(=O)(=O)Nc2cnc3c(-c4nnc(-c5ccccc5)s4)c(=O)n(C#N)n3c2)c(OC)c1. The fraction of sp³-hybridized carbons (Fsp3) is 0.115. The molecule has 0 bridgehead atoms. The third kappa shape index (κ3) is 5.33. The zero-order valence-electron chi connectivity index (χ0n) is 21.8. The average molecular weight is 592 g/mol. The van der Waals surface area contributed by atoms with Gasteiger partial charge in [-0.3, -0.25) is 9.52 Å². The van der Waals surface area contributed by atoms with Crippen LogP contribution >= 0.6 is 11.3 Å². The lowest BCUT2D eigenvalue weighted by Gasteiger charge is -2.12. The maximum Gasteiger partial charge on any atom is 0.293 e. The summed E-state index contributed by atoms with van der Waals surface area (Å²) in [7, 11) is 0.266. The summed E-state index contributed by atoms with van der Waals surface area (Å²) in [5, 5.41) is 19.8. The first-order valence-corrected chi connectivity index (χ1v) is 14.1. The topological polar surface area (TPSA) is 163 Å². The number of hydrogen-bond donors (Lipinski definition) is 1. The molecule has 0 fully saturated rings. The molecule has 0 aliphatic carbocycles. The molecule has 2 aromatic carbocycles. The van der Waals surface area contributed by atoms with Gasteiger partial charge in [0.15, 0.2) is 10.7 Å². The third-order valence-corrected chi connectivity index (χ3v) is 7.84. The van der Waals surface area contributed by atoms with Crippen LogP contribution in [0.1, 0.15) is 5.56 Å². The molecule has 5 rings (SSSR count). The van der Waals surface area contributed by atoms with E-state index >= 15 is 0 Å². The number of nitrogens with one attached hydrogen (secondary N) is 1. The summed E-state index contributed by atoms with van der Waals surface area (Å²) in [6.07, 6.45) is 5.61. The van der Waals surface area contributed by atoms with Crippen LogP contribution in [0.3, 0.4) is 0 Å². The Hall–Kier alpha value is -5.20. The number of fused-ring (bicyclic) bond motifs is 1. The number of rotatable bonds is 9. The molecule has 0 amide bonds. The summed E-state index contributed by atoms with van der Waals surface area (Å²) < 4.78 is 46.0. The second-order valence-corrected chi connectivity index (χ2v) is 10.8. The van der Waals surface area contributed by atoms with Gasteiger partial charge in [-0.1, -0.05) is 41.7 Å². The van der Waals surface area contributed by atoms with Crippen LogP contribution in [0.5, 0.6) is 17.2 Å². The molecule has 0 atom stereocenters. The van der Waals surface area contributed by atoms with E-state index < -0.39 is 15.6 Å². The lowest BCUT2D eigenvalue weighted by molar-refractivity contribution is 0.374. The van der Waals surface area contributed by atoms with Crippen molar-refractivity contribution < 1.29 is 22.6 Å². The quantitative estimate of drug-likeness (QED) is 0.269. The van der Waals surface area contributed by atoms with E-state index in [1.54, 1.807) is 18.3 Å². The van der Waals surface area contributed by atoms with Crippen LogP contribution in [0, 0.1) is 11.5 Å². The second-order valence-electron chi connectivity index (χ2n) is 8.28. The summed E-state index contributed by atoms with van der Waals surface area (Å²) >= 11 is 1.17. The van der Waals surface area contributed by atoms with Crippen molar-refractivity contribution in [2.24, 2.45) is 0 Å². The molecular formula is C26H21N7O6S2. The van der Waals surface area contributed by atoms with Gasteiger partial charge < -0.3 is 14.2 Å². The van der Waals surface area contributed by atoms with E-state index in [2.05, 4.69) is 19.9 Å². The molecule has 0 saturated carbocycles. The molecule has 0 unspecified atom stereocenters. The van der Waals surface area contributed by atoms with E-state index in [0.717, 1.165) is 20.2 Å². The fourth-order valence-electron chi connectivity index (χ4n) is 3.95. The van der Waals surface area contributed by atoms with Crippen LogP contribution in [0.15, 0.2) is 65.1 Å². The van der Waals surface area contributed by atoms with E-state index in [4.69, 9.17) is 14.2 Å². The van der Waals surface area contributed by atoms with Gasteiger partial charge in [-0.2, -0.15) is 5.26 Å². The number of aromatic nitrogens is 5. The smallest absolute Gasteiger partial charge is 0.293 e. The van der Waals surface area contributed by atoms with Crippen molar-refractivity contribution in [1.82, 2.24) is 24.4 Å². The number of benzene rings is 2. The number of methoxy groups -OCH3 is 3. The molecule has 0 aliphatic rings. The molecule has 41 heavy (non-hydrogen) atoms. The van der Waals surface area contributed by atoms with Crippen LogP contribution in [0.25, 0.3) is 32.9 Å². The van der Waals surface area contributed by atoms with Crippen molar-refractivity contribution in [2.45, 2.75) is 0 Å². The molecule has 0 spiro atoms. The zero-order valence-corrected chi connectivity index (χ0v) is 23.4. The lowest BCUT2D eigenvalue weighted by atomic mass is 10.1. The first-order valence-electron chi connectivity index (χ1n) is 11.7. The minimum atomic E-state index is -4.09. The Kier molecular flexibility index (Phi) is 7.42. The minimum absolute atomic E-state index is 0.00333. The largest absolute Gasteiger partial charge is 0.496 e. The zero-order chi connectivity index (χ0) is 29.1. The molecule has 1 N–H and O–H groups in total. The summed E-state index contributed by atoms with van der Waals surface area (Å²) in [6.45, 7) is 0. The predicted molar refractivity (Wildman–Crippen MR) is 152 cm³/mol. The van der Waals surface area contributed by atoms with Gasteiger partial charge >= 0.3 is 0 Å². The minimum Gasteiger partial charge on any atom is -0.496 e. The summed E-state index contributed by atoms with van der Waals surface area (Å²) in [4.78, 5) is 17.4. The van der Waals surface area contributed by atoms with Gasteiger partial charge in [0, 0.05) is 17.7 Å². The molecule has 13 nitrogen and oxygen atoms in total. The van der Waals surface area contributed by atoms with Crippen LogP contribution in [-0.2, 0) is 10.0 Å². The number of sulfonamides is 1. The van der Waals surface area contributed by atoms with Crippen LogP contribution in [0.2, 0.25) is 0 Å². The van der Waals surface area contributed by atoms with Gasteiger partial charge in [0.25, 0.3) is 15.6 Å². The maximum absolute atomic E-state index is 13.1. The van der Waals surface area contributed by atoms with Crippen molar-refractivity contribution in [3.05, 3.63) is 76.2 Å². The molecule has 3 aromatic heterocycles. The molecule has 15 heteroatoms. The molecular weight excluding hydrogens is 570 g/mol. The average Bonchev–Trinajstić information content (AvgIpc) is 3.57. The second kappa shape index (κ2) is 11.1. The third-order valence-electron chi connectivity index (χ3n) is 5.83. The standard InChI is InChI=1S/C26H21N7O6S2/c1-37-18-11-20(38-2)19(21(12-18)39-3)9-10-41(35,36)31-17-13-28-23-22(26(34)33(15-27)32(23)14-17)25-30-29-24(40-25)16-7-5-4-6-8-16/h4-14,31H,1-3H3/b10-9+. The van der Waals surface area contributed by atoms with E-state index in [1.165, 1.54) is 51.1 Å². The first kappa shape index (κ1) is 27.4. The van der Waals surface area contributed by atoms with Gasteiger partial charge in [0.1, 0.15) is 27.8 Å². The maximum atomic E-state index is 13.1. The molecule has 0 saturated heterocycles. The van der Waals surface area contributed by atoms with Gasteiger partial charge in [0.2, 0.25) is 6.19 Å². The normalized spacial score (nSPS) is 11.5. The summed E-state index contributed by atoms with van der Waals surface area (Å²) in [5.74, 6) is 1.14. The highest BCUT2D eigenvalue weighted by atomic mass is 32.2. The van der Waals surface area contributed by atoms with Gasteiger partial charge in [0.05, 0.1) is 50.4 Å². The Morgan fingerprint density at radius 2 is 1.71 bits per heavy atom. The monoisotopic (exact) mass is 591 g/mol. The number of anilines is 1. The van der Waals surface area contributed by atoms with E-state index in [-0.39, 0.29) is 21.9 Å². The highest BCUT2D eigenvalue weighted by Gasteiger charge is 2.22. The molecule has 208 valence electrons. The van der Waals surface area contributed by atoms with Gasteiger partial charge in [-0.15, -0.1) is 14.9 Å². The Morgan fingerprint density at radius 1 is 1.02 bits per heavy atom. The first-order chi connectivity index (χ1) is 19.8. The van der Waals surface area contributed by atoms with E-state index in [0.29, 0.717) is 27.8 Å². The Labute approximate surface area is 237 Å². The van der Waals surface area contributed by atoms with Crippen molar-refractivity contribution >= 4 is 38.8 Å².